The molecule has 1 aliphatic carbocycles. The van der Waals surface area contributed by atoms with E-state index in [4.69, 9.17) is 9.68 Å². The average molecular weight is 504 g/mol. The zero-order chi connectivity index (χ0) is 25.8. The molecule has 0 spiro atoms. The van der Waals surface area contributed by atoms with Gasteiger partial charge in [0.05, 0.1) is 25.0 Å². The molecule has 3 heterocycles. The highest BCUT2D eigenvalue weighted by atomic mass is 19.2. The zero-order valence-corrected chi connectivity index (χ0v) is 19.7. The van der Waals surface area contributed by atoms with Gasteiger partial charge in [-0.05, 0) is 24.6 Å². The molecule has 3 aliphatic heterocycles. The number of carbonyl (C=O) groups is 1. The van der Waals surface area contributed by atoms with Crippen molar-refractivity contribution in [3.63, 3.8) is 0 Å². The Hall–Kier alpha value is -4.32. The van der Waals surface area contributed by atoms with Crippen LogP contribution in [-0.2, 0) is 6.42 Å². The molecule has 2 aromatic rings. The van der Waals surface area contributed by atoms with Crippen molar-refractivity contribution in [3.8, 4) is 28.5 Å². The van der Waals surface area contributed by atoms with Gasteiger partial charge in [-0.25, -0.2) is 22.5 Å². The molecular formula is C28H21F3N3O3+. The van der Waals surface area contributed by atoms with E-state index in [0.29, 0.717) is 22.3 Å². The van der Waals surface area contributed by atoms with E-state index in [1.165, 1.54) is 0 Å². The maximum Gasteiger partial charge on any atom is 0.339 e. The van der Waals surface area contributed by atoms with Crippen molar-refractivity contribution in [2.45, 2.75) is 19.3 Å². The number of fused-ring (bicyclic) bond motifs is 2. The molecular weight excluding hydrogens is 483 g/mol. The van der Waals surface area contributed by atoms with Crippen LogP contribution >= 0.6 is 0 Å². The topological polar surface area (TPSA) is 80.5 Å². The van der Waals surface area contributed by atoms with Crippen LogP contribution in [0.2, 0.25) is 0 Å². The molecule has 186 valence electrons. The van der Waals surface area contributed by atoms with E-state index in [1.807, 2.05) is 12.1 Å². The number of aromatic carboxylic acids is 1. The summed E-state index contributed by atoms with van der Waals surface area (Å²) >= 11 is 0. The minimum atomic E-state index is -1.81. The smallest absolute Gasteiger partial charge is 0.339 e. The lowest BCUT2D eigenvalue weighted by Gasteiger charge is -2.33. The Balaban J connectivity index is 1.76. The van der Waals surface area contributed by atoms with Crippen LogP contribution in [0.5, 0.6) is 0 Å². The van der Waals surface area contributed by atoms with E-state index < -0.39 is 46.5 Å². The van der Waals surface area contributed by atoms with Crippen molar-refractivity contribution in [1.82, 2.24) is 4.58 Å². The van der Waals surface area contributed by atoms with Crippen LogP contribution in [0.1, 0.15) is 28.8 Å². The van der Waals surface area contributed by atoms with Gasteiger partial charge in [0.25, 0.3) is 0 Å². The molecule has 6 rings (SSSR count). The van der Waals surface area contributed by atoms with E-state index >= 15 is 8.78 Å². The fourth-order valence-electron chi connectivity index (χ4n) is 5.06. The number of carboxylic acids is 1. The number of nitriles is 1. The van der Waals surface area contributed by atoms with Gasteiger partial charge in [-0.15, -0.1) is 0 Å². The predicted octanol–water partition coefficient (Wildman–Crippen LogP) is 4.77. The van der Waals surface area contributed by atoms with Crippen LogP contribution in [0.25, 0.3) is 33.4 Å². The summed E-state index contributed by atoms with van der Waals surface area (Å²) in [5.74, 6) is -6.11. The van der Waals surface area contributed by atoms with Crippen LogP contribution in [0.4, 0.5) is 18.9 Å². The first-order chi connectivity index (χ1) is 17.9. The number of hydrogen-bond acceptors (Lipinski definition) is 4. The molecule has 9 heteroatoms. The number of carboxylic acid groups (broad SMARTS) is 1. The van der Waals surface area contributed by atoms with Crippen molar-refractivity contribution in [2.24, 2.45) is 0 Å². The summed E-state index contributed by atoms with van der Waals surface area (Å²) in [5.41, 5.74) is -0.856. The summed E-state index contributed by atoms with van der Waals surface area (Å²) in [6.45, 7) is 3.51. The molecule has 0 saturated carbocycles. The summed E-state index contributed by atoms with van der Waals surface area (Å²) in [6, 6.07) is 12.2. The van der Waals surface area contributed by atoms with Gasteiger partial charge in [0.1, 0.15) is 35.8 Å². The summed E-state index contributed by atoms with van der Waals surface area (Å²) in [7, 11) is 0. The second kappa shape index (κ2) is 8.66. The molecule has 2 fully saturated rings. The minimum Gasteiger partial charge on any atom is -0.478 e. The average Bonchev–Trinajstić information content (AvgIpc) is 2.80. The Bertz CT molecular complexity index is 1690. The molecule has 0 radical (unpaired) electrons. The van der Waals surface area contributed by atoms with Gasteiger partial charge < -0.3 is 14.4 Å². The van der Waals surface area contributed by atoms with E-state index in [-0.39, 0.29) is 5.56 Å². The second-order valence-electron chi connectivity index (χ2n) is 9.33. The summed E-state index contributed by atoms with van der Waals surface area (Å²) in [6.07, 6.45) is 1.36. The molecule has 6 nitrogen and oxygen atoms in total. The zero-order valence-electron chi connectivity index (χ0n) is 19.7. The molecule has 0 amide bonds. The lowest BCUT2D eigenvalue weighted by Crippen LogP contribution is -2.40. The first-order valence-corrected chi connectivity index (χ1v) is 12.0. The van der Waals surface area contributed by atoms with Gasteiger partial charge >= 0.3 is 5.97 Å². The molecule has 0 aromatic heterocycles. The lowest BCUT2D eigenvalue weighted by molar-refractivity contribution is 0.0691. The van der Waals surface area contributed by atoms with Gasteiger partial charge in [-0.2, -0.15) is 5.26 Å². The molecule has 0 atom stereocenters. The van der Waals surface area contributed by atoms with E-state index in [1.54, 1.807) is 30.3 Å². The Labute approximate surface area is 209 Å². The highest BCUT2D eigenvalue weighted by molar-refractivity contribution is 6.08. The van der Waals surface area contributed by atoms with E-state index in [0.717, 1.165) is 50.1 Å². The van der Waals surface area contributed by atoms with Gasteiger partial charge in [-0.1, -0.05) is 0 Å². The minimum absolute atomic E-state index is 0.0783. The quantitative estimate of drug-likeness (QED) is 0.246. The molecule has 2 saturated heterocycles. The largest absolute Gasteiger partial charge is 0.478 e. The van der Waals surface area contributed by atoms with Crippen LogP contribution in [0.3, 0.4) is 0 Å². The standard InChI is InChI=1S/C28H20F3N3O3/c29-25-19(7-8-32)26(30)27(31)24(28(35)36)23(25)22-17-5-3-15(33-9-1-10-33)13-20(17)37-21-14-16(4-6-18(21)22)34-11-2-12-34/h3-6,13-14H,1-2,7,9-12H2/p+1. The SMILES string of the molecule is N#CCc1c(F)c(F)c(C(=O)O)c(-c2c3ccc(=[N+]4CCC4)cc-3oc3cc(N4CCC4)ccc23)c1F. The maximum atomic E-state index is 15.9. The number of hydrogen-bond donors (Lipinski definition) is 1. The summed E-state index contributed by atoms with van der Waals surface area (Å²) in [4.78, 5) is 14.3. The monoisotopic (exact) mass is 504 g/mol. The van der Waals surface area contributed by atoms with Crippen LogP contribution in [-0.4, -0.2) is 37.3 Å². The third kappa shape index (κ3) is 3.55. The summed E-state index contributed by atoms with van der Waals surface area (Å²) in [5, 5.41) is 20.2. The number of rotatable bonds is 4. The van der Waals surface area contributed by atoms with Gasteiger partial charge in [0.2, 0.25) is 5.36 Å². The Kier molecular flexibility index (Phi) is 5.41. The van der Waals surface area contributed by atoms with Crippen LogP contribution in [0, 0.1) is 28.8 Å². The maximum absolute atomic E-state index is 15.9. The highest BCUT2D eigenvalue weighted by Gasteiger charge is 2.33. The summed E-state index contributed by atoms with van der Waals surface area (Å²) < 4.78 is 54.2. The van der Waals surface area contributed by atoms with Gasteiger partial charge in [0.15, 0.2) is 11.6 Å². The number of benzene rings is 3. The number of halogens is 3. The number of nitrogens with zero attached hydrogens (tertiary/aromatic N) is 3. The molecule has 2 aromatic carbocycles. The molecule has 37 heavy (non-hydrogen) atoms. The first-order valence-electron chi connectivity index (χ1n) is 12.0. The molecule has 4 aliphatic rings. The van der Waals surface area contributed by atoms with Gasteiger partial charge in [-0.3, -0.25) is 0 Å². The predicted molar refractivity (Wildman–Crippen MR) is 131 cm³/mol. The Morgan fingerprint density at radius 2 is 1.81 bits per heavy atom. The van der Waals surface area contributed by atoms with Crippen LogP contribution in [0.15, 0.2) is 40.8 Å². The number of anilines is 1. The highest BCUT2D eigenvalue weighted by Crippen LogP contribution is 2.45. The van der Waals surface area contributed by atoms with Crippen molar-refractivity contribution in [3.05, 3.63) is 70.3 Å². The van der Waals surface area contributed by atoms with Crippen molar-refractivity contribution < 1.29 is 27.5 Å². The second-order valence-corrected chi connectivity index (χ2v) is 9.33. The Morgan fingerprint density at radius 1 is 1.03 bits per heavy atom. The lowest BCUT2D eigenvalue weighted by atomic mass is 9.88. The first kappa shape index (κ1) is 23.1. The molecule has 1 N–H and O–H groups in total. The molecule has 0 unspecified atom stereocenters. The van der Waals surface area contributed by atoms with Crippen LogP contribution < -0.4 is 14.8 Å². The third-order valence-corrected chi connectivity index (χ3v) is 7.26. The van der Waals surface area contributed by atoms with Crippen molar-refractivity contribution in [1.29, 1.82) is 5.26 Å². The fourth-order valence-corrected chi connectivity index (χ4v) is 5.06. The Morgan fingerprint density at radius 3 is 2.43 bits per heavy atom. The fraction of sp³-hybridized carbons (Fsp3) is 0.250. The van der Waals surface area contributed by atoms with E-state index in [9.17, 15) is 14.3 Å². The molecule has 0 bridgehead atoms. The van der Waals surface area contributed by atoms with E-state index in [2.05, 4.69) is 9.48 Å². The third-order valence-electron chi connectivity index (χ3n) is 7.26. The van der Waals surface area contributed by atoms with Gasteiger partial charge in [0, 0.05) is 58.5 Å². The van der Waals surface area contributed by atoms with Crippen molar-refractivity contribution in [2.75, 3.05) is 31.1 Å². The van der Waals surface area contributed by atoms with Crippen molar-refractivity contribution >= 4 is 22.6 Å². The normalized spacial score (nSPS) is 15.0.